The van der Waals surface area contributed by atoms with E-state index in [1.807, 2.05) is 42.8 Å². The summed E-state index contributed by atoms with van der Waals surface area (Å²) in [7, 11) is 2.00. The fourth-order valence-electron chi connectivity index (χ4n) is 3.21. The van der Waals surface area contributed by atoms with Gasteiger partial charge in [-0.25, -0.2) is 9.97 Å². The summed E-state index contributed by atoms with van der Waals surface area (Å²) in [5.74, 6) is 1.33. The molecule has 0 bridgehead atoms. The number of rotatable bonds is 5. The van der Waals surface area contributed by atoms with Crippen LogP contribution in [-0.2, 0) is 13.1 Å². The summed E-state index contributed by atoms with van der Waals surface area (Å²) < 4.78 is 6.62. The van der Waals surface area contributed by atoms with E-state index in [1.54, 1.807) is 17.6 Å². The third kappa shape index (κ3) is 3.15. The van der Waals surface area contributed by atoms with Crippen LogP contribution in [-0.4, -0.2) is 26.9 Å². The highest BCUT2D eigenvalue weighted by Crippen LogP contribution is 2.31. The van der Waals surface area contributed by atoms with Crippen molar-refractivity contribution in [2.24, 2.45) is 0 Å². The maximum Gasteiger partial charge on any atom is 0.260 e. The van der Waals surface area contributed by atoms with Gasteiger partial charge in [-0.15, -0.1) is 22.7 Å². The van der Waals surface area contributed by atoms with Gasteiger partial charge >= 0.3 is 0 Å². The molecule has 0 saturated heterocycles. The van der Waals surface area contributed by atoms with Gasteiger partial charge < -0.3 is 9.40 Å². The summed E-state index contributed by atoms with van der Waals surface area (Å²) in [6.07, 6.45) is 1.60. The molecule has 1 aromatic carbocycles. The number of hydrogen-bond acceptors (Lipinski definition) is 7. The molecule has 0 aliphatic heterocycles. The lowest BCUT2D eigenvalue weighted by Gasteiger charge is -2.14. The highest BCUT2D eigenvalue weighted by molar-refractivity contribution is 7.18. The van der Waals surface area contributed by atoms with E-state index in [2.05, 4.69) is 25.9 Å². The largest absolute Gasteiger partial charge is 0.464 e. The number of thiazole rings is 1. The van der Waals surface area contributed by atoms with Crippen LogP contribution in [0.1, 0.15) is 10.8 Å². The first kappa shape index (κ1) is 17.3. The summed E-state index contributed by atoms with van der Waals surface area (Å²) in [5.41, 5.74) is 1.67. The Kier molecular flexibility index (Phi) is 4.31. The number of aromatic amines is 1. The zero-order valence-corrected chi connectivity index (χ0v) is 16.6. The number of benzene rings is 1. The number of nitrogens with zero attached hydrogens (tertiary/aromatic N) is 3. The first-order valence-corrected chi connectivity index (χ1v) is 10.4. The molecule has 0 unspecified atom stereocenters. The number of furan rings is 1. The van der Waals surface area contributed by atoms with E-state index in [0.29, 0.717) is 30.1 Å². The van der Waals surface area contributed by atoms with E-state index in [1.165, 1.54) is 16.0 Å². The van der Waals surface area contributed by atoms with Crippen LogP contribution in [0.3, 0.4) is 0 Å². The molecule has 0 radical (unpaired) electrons. The number of H-pyrrole nitrogens is 1. The van der Waals surface area contributed by atoms with Crippen molar-refractivity contribution in [1.82, 2.24) is 19.9 Å². The molecule has 5 aromatic rings. The lowest BCUT2D eigenvalue weighted by atomic mass is 10.2. The van der Waals surface area contributed by atoms with Gasteiger partial charge in [-0.1, -0.05) is 12.1 Å². The Morgan fingerprint density at radius 1 is 1.14 bits per heavy atom. The molecular formula is C20H16N4O2S2. The molecule has 8 heteroatoms. The van der Waals surface area contributed by atoms with Crippen LogP contribution in [0.2, 0.25) is 0 Å². The van der Waals surface area contributed by atoms with Crippen LogP contribution in [0.5, 0.6) is 0 Å². The molecule has 6 nitrogen and oxygen atoms in total. The predicted octanol–water partition coefficient (Wildman–Crippen LogP) is 4.49. The first-order valence-electron chi connectivity index (χ1n) is 8.74. The molecule has 0 amide bonds. The molecule has 0 atom stereocenters. The molecule has 28 heavy (non-hydrogen) atoms. The highest BCUT2D eigenvalue weighted by Gasteiger charge is 2.15. The standard InChI is InChI=1S/C20H16N4O2S2/c1-24(10-17-21-13-5-2-3-7-15(13)28-17)9-16-22-19(25)18-12(11-27-20(18)23-16)14-6-4-8-26-14/h2-8,11H,9-10H2,1H3,(H,22,23,25). The molecule has 0 spiro atoms. The predicted molar refractivity (Wildman–Crippen MR) is 113 cm³/mol. The summed E-state index contributed by atoms with van der Waals surface area (Å²) in [6.45, 7) is 1.23. The van der Waals surface area contributed by atoms with Crippen molar-refractivity contribution in [3.8, 4) is 11.3 Å². The topological polar surface area (TPSA) is 75.0 Å². The minimum Gasteiger partial charge on any atom is -0.464 e. The highest BCUT2D eigenvalue weighted by atomic mass is 32.1. The second kappa shape index (κ2) is 6.97. The van der Waals surface area contributed by atoms with Crippen LogP contribution in [0.15, 0.2) is 57.3 Å². The minimum atomic E-state index is -0.138. The van der Waals surface area contributed by atoms with Crippen molar-refractivity contribution >= 4 is 43.1 Å². The van der Waals surface area contributed by atoms with E-state index in [-0.39, 0.29) is 5.56 Å². The molecule has 140 valence electrons. The molecule has 4 aromatic heterocycles. The van der Waals surface area contributed by atoms with Crippen LogP contribution in [0.25, 0.3) is 31.8 Å². The fraction of sp³-hybridized carbons (Fsp3) is 0.150. The van der Waals surface area contributed by atoms with E-state index in [0.717, 1.165) is 20.9 Å². The average molecular weight is 409 g/mol. The maximum absolute atomic E-state index is 12.7. The maximum atomic E-state index is 12.7. The molecule has 0 aliphatic rings. The van der Waals surface area contributed by atoms with Gasteiger partial charge in [0.1, 0.15) is 21.4 Å². The molecule has 0 aliphatic carbocycles. The Morgan fingerprint density at radius 2 is 2.04 bits per heavy atom. The molecule has 0 fully saturated rings. The zero-order chi connectivity index (χ0) is 19.1. The quantitative estimate of drug-likeness (QED) is 0.464. The van der Waals surface area contributed by atoms with Crippen molar-refractivity contribution in [3.63, 3.8) is 0 Å². The van der Waals surface area contributed by atoms with Gasteiger partial charge in [-0.2, -0.15) is 0 Å². The van der Waals surface area contributed by atoms with Gasteiger partial charge in [0.2, 0.25) is 0 Å². The van der Waals surface area contributed by atoms with Crippen molar-refractivity contribution in [3.05, 3.63) is 69.2 Å². The van der Waals surface area contributed by atoms with E-state index < -0.39 is 0 Å². The number of thiophene rings is 1. The van der Waals surface area contributed by atoms with Crippen molar-refractivity contribution in [1.29, 1.82) is 0 Å². The second-order valence-corrected chi connectivity index (χ2v) is 8.54. The van der Waals surface area contributed by atoms with Crippen LogP contribution >= 0.6 is 22.7 Å². The van der Waals surface area contributed by atoms with Crippen molar-refractivity contribution < 1.29 is 4.42 Å². The van der Waals surface area contributed by atoms with Gasteiger partial charge in [-0.05, 0) is 31.3 Å². The van der Waals surface area contributed by atoms with Crippen LogP contribution in [0.4, 0.5) is 0 Å². The number of aromatic nitrogens is 3. The Bertz CT molecular complexity index is 1280. The normalized spacial score (nSPS) is 11.8. The third-order valence-electron chi connectivity index (χ3n) is 4.44. The van der Waals surface area contributed by atoms with Gasteiger partial charge in [0, 0.05) is 10.9 Å². The van der Waals surface area contributed by atoms with E-state index in [9.17, 15) is 4.79 Å². The minimum absolute atomic E-state index is 0.138. The molecule has 0 saturated carbocycles. The number of nitrogens with one attached hydrogen (secondary N) is 1. The molecule has 4 heterocycles. The van der Waals surface area contributed by atoms with E-state index in [4.69, 9.17) is 4.42 Å². The molecule has 1 N–H and O–H groups in total. The fourth-order valence-corrected chi connectivity index (χ4v) is 5.21. The zero-order valence-electron chi connectivity index (χ0n) is 15.0. The Morgan fingerprint density at radius 3 is 2.86 bits per heavy atom. The number of fused-ring (bicyclic) bond motifs is 2. The second-order valence-electron chi connectivity index (χ2n) is 6.57. The number of para-hydroxylation sites is 1. The lowest BCUT2D eigenvalue weighted by molar-refractivity contribution is 0.310. The van der Waals surface area contributed by atoms with Gasteiger partial charge in [0.15, 0.2) is 0 Å². The molecular weight excluding hydrogens is 392 g/mol. The van der Waals surface area contributed by atoms with Crippen molar-refractivity contribution in [2.45, 2.75) is 13.1 Å². The van der Waals surface area contributed by atoms with Gasteiger partial charge in [0.05, 0.1) is 35.0 Å². The smallest absolute Gasteiger partial charge is 0.260 e. The lowest BCUT2D eigenvalue weighted by Crippen LogP contribution is -2.21. The van der Waals surface area contributed by atoms with Crippen LogP contribution in [0, 0.1) is 0 Å². The SMILES string of the molecule is CN(Cc1nc2scc(-c3ccco3)c2c(=O)[nH]1)Cc1nc2ccccc2s1. The summed E-state index contributed by atoms with van der Waals surface area (Å²) in [5, 5.41) is 3.54. The summed E-state index contributed by atoms with van der Waals surface area (Å²) in [6, 6.07) is 11.8. The molecule has 5 rings (SSSR count). The average Bonchev–Trinajstić information content (AvgIpc) is 3.39. The number of hydrogen-bond donors (Lipinski definition) is 1. The van der Waals surface area contributed by atoms with Gasteiger partial charge in [0.25, 0.3) is 5.56 Å². The Hall–Kier alpha value is -2.81. The third-order valence-corrected chi connectivity index (χ3v) is 6.34. The van der Waals surface area contributed by atoms with E-state index >= 15 is 0 Å². The monoisotopic (exact) mass is 408 g/mol. The summed E-state index contributed by atoms with van der Waals surface area (Å²) >= 11 is 3.14. The van der Waals surface area contributed by atoms with Gasteiger partial charge in [-0.3, -0.25) is 9.69 Å². The Balaban J connectivity index is 1.39. The Labute approximate surface area is 168 Å². The van der Waals surface area contributed by atoms with Crippen molar-refractivity contribution in [2.75, 3.05) is 7.05 Å². The van der Waals surface area contributed by atoms with Crippen LogP contribution < -0.4 is 5.56 Å². The summed E-state index contributed by atoms with van der Waals surface area (Å²) in [4.78, 5) is 27.7. The first-order chi connectivity index (χ1) is 13.7.